The molecule has 4 heterocycles. The first-order valence-electron chi connectivity index (χ1n) is 11.9. The molecule has 0 bridgehead atoms. The molecule has 0 saturated carbocycles. The summed E-state index contributed by atoms with van der Waals surface area (Å²) in [6.07, 6.45) is 3.69. The third-order valence-electron chi connectivity index (χ3n) is 6.71. The zero-order valence-electron chi connectivity index (χ0n) is 20.3. The highest BCUT2D eigenvalue weighted by Crippen LogP contribution is 2.31. The molecule has 0 aliphatic carbocycles. The number of halogens is 1. The van der Waals surface area contributed by atoms with Crippen LogP contribution in [0.15, 0.2) is 89.7 Å². The Bertz CT molecular complexity index is 1990. The predicted molar refractivity (Wildman–Crippen MR) is 155 cm³/mol. The largest absolute Gasteiger partial charge is 0.353 e. The van der Waals surface area contributed by atoms with E-state index in [-0.39, 0.29) is 0 Å². The van der Waals surface area contributed by atoms with Gasteiger partial charge in [-0.3, -0.25) is 9.97 Å². The molecule has 0 saturated heterocycles. The maximum atomic E-state index is 9.06. The van der Waals surface area contributed by atoms with E-state index < -0.39 is 0 Å². The van der Waals surface area contributed by atoms with Gasteiger partial charge in [0.15, 0.2) is 0 Å². The van der Waals surface area contributed by atoms with Crippen molar-refractivity contribution in [1.29, 1.82) is 5.26 Å². The van der Waals surface area contributed by atoms with Crippen LogP contribution in [0.3, 0.4) is 0 Å². The normalized spacial score (nSPS) is 11.1. The number of pyridine rings is 2. The van der Waals surface area contributed by atoms with Gasteiger partial charge in [-0.15, -0.1) is 0 Å². The summed E-state index contributed by atoms with van der Waals surface area (Å²) in [5.41, 5.74) is 9.36. The number of aromatic amines is 2. The molecule has 0 fully saturated rings. The molecule has 5 nitrogen and oxygen atoms in total. The number of nitrogens with zero attached hydrogens (tertiary/aromatic N) is 3. The Morgan fingerprint density at radius 3 is 1.92 bits per heavy atom. The van der Waals surface area contributed by atoms with Crippen molar-refractivity contribution in [2.24, 2.45) is 0 Å². The first-order valence-corrected chi connectivity index (χ1v) is 12.7. The van der Waals surface area contributed by atoms with Gasteiger partial charge in [0.05, 0.1) is 34.1 Å². The number of hydrogen-bond acceptors (Lipinski definition) is 3. The molecule has 6 heteroatoms. The molecule has 37 heavy (non-hydrogen) atoms. The van der Waals surface area contributed by atoms with Crippen LogP contribution in [0, 0.1) is 25.2 Å². The minimum atomic E-state index is 0.677. The molecule has 2 N–H and O–H groups in total. The number of benzene rings is 3. The fourth-order valence-electron chi connectivity index (χ4n) is 4.84. The lowest BCUT2D eigenvalue weighted by Crippen LogP contribution is -1.80. The Morgan fingerprint density at radius 2 is 1.27 bits per heavy atom. The number of aryl methyl sites for hydroxylation is 2. The smallest absolute Gasteiger partial charge is 0.0991 e. The van der Waals surface area contributed by atoms with Gasteiger partial charge in [-0.2, -0.15) is 5.26 Å². The summed E-state index contributed by atoms with van der Waals surface area (Å²) in [5, 5.41) is 13.9. The lowest BCUT2D eigenvalue weighted by molar-refractivity contribution is 1.22. The zero-order chi connectivity index (χ0) is 25.5. The molecule has 0 aliphatic rings. The molecule has 178 valence electrons. The topological polar surface area (TPSA) is 81.2 Å². The van der Waals surface area contributed by atoms with Gasteiger partial charge in [0.1, 0.15) is 0 Å². The number of nitrogens with one attached hydrogen (secondary N) is 2. The van der Waals surface area contributed by atoms with E-state index in [4.69, 9.17) is 5.26 Å². The standard InChI is InChI=1S/C19H13N3.C12H9BrN2/c1-12-19-16(7-8-21-12)17-10-15(5-6-18(17)22-19)14-4-2-3-13(9-14)11-20;1-7-12-9(4-5-14-7)10-6-8(13)2-3-11(10)15-12/h2-10,22H,1H3;2-6,15H,1H3. The van der Waals surface area contributed by atoms with Crippen LogP contribution in [0.5, 0.6) is 0 Å². The van der Waals surface area contributed by atoms with E-state index in [0.29, 0.717) is 5.56 Å². The van der Waals surface area contributed by atoms with E-state index in [1.165, 1.54) is 21.5 Å². The summed E-state index contributed by atoms with van der Waals surface area (Å²) in [4.78, 5) is 15.4. The lowest BCUT2D eigenvalue weighted by atomic mass is 10.0. The highest BCUT2D eigenvalue weighted by Gasteiger charge is 2.09. The molecule has 0 radical (unpaired) electrons. The van der Waals surface area contributed by atoms with Crippen molar-refractivity contribution in [2.75, 3.05) is 0 Å². The summed E-state index contributed by atoms with van der Waals surface area (Å²) in [6, 6.07) is 26.6. The van der Waals surface area contributed by atoms with Crippen LogP contribution in [0.25, 0.3) is 54.7 Å². The van der Waals surface area contributed by atoms with E-state index in [9.17, 15) is 0 Å². The number of fused-ring (bicyclic) bond motifs is 6. The number of aromatic nitrogens is 4. The Balaban J connectivity index is 0.000000146. The van der Waals surface area contributed by atoms with E-state index >= 15 is 0 Å². The van der Waals surface area contributed by atoms with Gasteiger partial charge in [-0.25, -0.2) is 0 Å². The summed E-state index contributed by atoms with van der Waals surface area (Å²) < 4.78 is 1.10. The second-order valence-corrected chi connectivity index (χ2v) is 9.95. The van der Waals surface area contributed by atoms with Crippen molar-refractivity contribution >= 4 is 59.5 Å². The predicted octanol–water partition coefficient (Wildman–Crippen LogP) is 8.35. The summed E-state index contributed by atoms with van der Waals surface area (Å²) in [7, 11) is 0. The van der Waals surface area contributed by atoms with Gasteiger partial charge in [0, 0.05) is 49.4 Å². The Morgan fingerprint density at radius 1 is 0.676 bits per heavy atom. The van der Waals surface area contributed by atoms with Crippen molar-refractivity contribution in [3.63, 3.8) is 0 Å². The second kappa shape index (κ2) is 9.20. The van der Waals surface area contributed by atoms with Crippen molar-refractivity contribution < 1.29 is 0 Å². The molecule has 0 amide bonds. The third kappa shape index (κ3) is 4.14. The quantitative estimate of drug-likeness (QED) is 0.218. The molecular formula is C31H22BrN5. The maximum Gasteiger partial charge on any atom is 0.0991 e. The molecule has 0 unspecified atom stereocenters. The Labute approximate surface area is 221 Å². The third-order valence-corrected chi connectivity index (χ3v) is 7.20. The van der Waals surface area contributed by atoms with Gasteiger partial charge in [0.2, 0.25) is 0 Å². The van der Waals surface area contributed by atoms with E-state index in [1.807, 2.05) is 68.7 Å². The highest BCUT2D eigenvalue weighted by atomic mass is 79.9. The van der Waals surface area contributed by atoms with Gasteiger partial charge in [-0.05, 0) is 79.6 Å². The first-order chi connectivity index (χ1) is 18.0. The molecule has 7 rings (SSSR count). The van der Waals surface area contributed by atoms with Crippen molar-refractivity contribution in [2.45, 2.75) is 13.8 Å². The minimum absolute atomic E-state index is 0.677. The van der Waals surface area contributed by atoms with Crippen LogP contribution in [0.1, 0.15) is 17.0 Å². The lowest BCUT2D eigenvalue weighted by Gasteiger charge is -2.02. The van der Waals surface area contributed by atoms with Crippen LogP contribution < -0.4 is 0 Å². The fraction of sp³-hybridized carbons (Fsp3) is 0.0645. The number of rotatable bonds is 1. The van der Waals surface area contributed by atoms with E-state index in [2.05, 4.69) is 72.3 Å². The van der Waals surface area contributed by atoms with Crippen LogP contribution in [0.4, 0.5) is 0 Å². The number of H-pyrrole nitrogens is 2. The minimum Gasteiger partial charge on any atom is -0.353 e. The maximum absolute atomic E-state index is 9.06. The fourth-order valence-corrected chi connectivity index (χ4v) is 5.20. The molecule has 4 aromatic heterocycles. The van der Waals surface area contributed by atoms with Gasteiger partial charge < -0.3 is 9.97 Å². The summed E-state index contributed by atoms with van der Waals surface area (Å²) in [5.74, 6) is 0. The second-order valence-electron chi connectivity index (χ2n) is 9.03. The Kier molecular flexibility index (Phi) is 5.71. The van der Waals surface area contributed by atoms with Gasteiger partial charge >= 0.3 is 0 Å². The monoisotopic (exact) mass is 543 g/mol. The van der Waals surface area contributed by atoms with Crippen LogP contribution in [-0.4, -0.2) is 19.9 Å². The van der Waals surface area contributed by atoms with Gasteiger partial charge in [-0.1, -0.05) is 34.1 Å². The van der Waals surface area contributed by atoms with E-state index in [0.717, 1.165) is 49.1 Å². The van der Waals surface area contributed by atoms with Crippen molar-refractivity contribution in [3.8, 4) is 17.2 Å². The van der Waals surface area contributed by atoms with Gasteiger partial charge in [0.25, 0.3) is 0 Å². The molecule has 3 aromatic carbocycles. The summed E-state index contributed by atoms with van der Waals surface area (Å²) in [6.45, 7) is 4.03. The average Bonchev–Trinajstić information content (AvgIpc) is 3.49. The number of nitriles is 1. The molecule has 0 atom stereocenters. The summed E-state index contributed by atoms with van der Waals surface area (Å²) >= 11 is 3.49. The van der Waals surface area contributed by atoms with Crippen molar-refractivity contribution in [3.05, 3.63) is 107 Å². The van der Waals surface area contributed by atoms with Crippen LogP contribution in [-0.2, 0) is 0 Å². The van der Waals surface area contributed by atoms with Crippen LogP contribution >= 0.6 is 15.9 Å². The average molecular weight is 544 g/mol. The molecule has 0 spiro atoms. The van der Waals surface area contributed by atoms with Crippen LogP contribution in [0.2, 0.25) is 0 Å². The molecule has 7 aromatic rings. The Hall–Kier alpha value is -4.47. The van der Waals surface area contributed by atoms with Crippen molar-refractivity contribution in [1.82, 2.24) is 19.9 Å². The first kappa shape index (κ1) is 23.0. The highest BCUT2D eigenvalue weighted by molar-refractivity contribution is 9.10. The van der Waals surface area contributed by atoms with E-state index in [1.54, 1.807) is 0 Å². The zero-order valence-corrected chi connectivity index (χ0v) is 21.9. The molecule has 0 aliphatic heterocycles. The number of hydrogen-bond donors (Lipinski definition) is 2. The molecular weight excluding hydrogens is 522 g/mol. The SMILES string of the molecule is Cc1nccc2c1[nH]c1ccc(-c3cccc(C#N)c3)cc12.Cc1nccc2c1[nH]c1ccc(Br)cc12.